The summed E-state index contributed by atoms with van der Waals surface area (Å²) < 4.78 is 2.08. The Balaban J connectivity index is 1.59. The molecule has 2 amide bonds. The molecule has 4 heterocycles. The van der Waals surface area contributed by atoms with Gasteiger partial charge in [0.05, 0.1) is 17.4 Å². The van der Waals surface area contributed by atoms with Crippen molar-refractivity contribution in [3.63, 3.8) is 0 Å². The number of aromatic nitrogens is 2. The summed E-state index contributed by atoms with van der Waals surface area (Å²) in [6.45, 7) is 0. The largest absolute Gasteiger partial charge is 0.361 e. The number of allylic oxidation sites excluding steroid dienone is 1. The minimum atomic E-state index is -0.545. The van der Waals surface area contributed by atoms with E-state index in [9.17, 15) is 9.59 Å². The van der Waals surface area contributed by atoms with E-state index in [1.165, 1.54) is 5.56 Å². The highest BCUT2D eigenvalue weighted by Crippen LogP contribution is 2.44. The van der Waals surface area contributed by atoms with Gasteiger partial charge in [0.25, 0.3) is 0 Å². The first-order chi connectivity index (χ1) is 13.7. The summed E-state index contributed by atoms with van der Waals surface area (Å²) in [6, 6.07) is 14.1. The number of hydrogen-bond donors (Lipinski definition) is 2. The van der Waals surface area contributed by atoms with E-state index in [1.54, 1.807) is 0 Å². The van der Waals surface area contributed by atoms with Crippen molar-refractivity contribution in [2.24, 2.45) is 0 Å². The molecule has 5 heteroatoms. The van der Waals surface area contributed by atoms with E-state index in [-0.39, 0.29) is 11.8 Å². The molecule has 2 aromatic heterocycles. The van der Waals surface area contributed by atoms with E-state index in [0.29, 0.717) is 0 Å². The van der Waals surface area contributed by atoms with Gasteiger partial charge in [0, 0.05) is 34.9 Å². The standard InChI is InChI=1S/C23H17N3O2/c27-22-19(16-11-24-18-9-2-1-7-14(16)18)20(23(28)25-22)17-12-26-10-4-6-13-5-3-8-15(17)21(13)26/h1-5,7-12,19-20,24H,6H2,(H,25,27,28)/t19-,20-/m0/s1. The van der Waals surface area contributed by atoms with Crippen molar-refractivity contribution in [1.29, 1.82) is 0 Å². The number of nitrogens with zero attached hydrogens (tertiary/aromatic N) is 1. The third-order valence-corrected chi connectivity index (χ3v) is 6.01. The van der Waals surface area contributed by atoms with Crippen molar-refractivity contribution in [3.05, 3.63) is 77.6 Å². The molecular formula is C23H17N3O2. The lowest BCUT2D eigenvalue weighted by molar-refractivity contribution is -0.125. The summed E-state index contributed by atoms with van der Waals surface area (Å²) in [5.41, 5.74) is 5.10. The topological polar surface area (TPSA) is 66.9 Å². The van der Waals surface area contributed by atoms with Gasteiger partial charge in [0.2, 0.25) is 11.8 Å². The summed E-state index contributed by atoms with van der Waals surface area (Å²) in [5.74, 6) is -1.55. The number of amides is 2. The molecule has 1 saturated heterocycles. The van der Waals surface area contributed by atoms with Crippen molar-refractivity contribution in [3.8, 4) is 0 Å². The van der Waals surface area contributed by atoms with Crippen LogP contribution in [0, 0.1) is 0 Å². The van der Waals surface area contributed by atoms with Crippen LogP contribution in [-0.4, -0.2) is 21.4 Å². The lowest BCUT2D eigenvalue weighted by Gasteiger charge is -2.15. The normalized spacial score (nSPS) is 21.0. The average molecular weight is 367 g/mol. The Morgan fingerprint density at radius 1 is 0.893 bits per heavy atom. The fraction of sp³-hybridized carbons (Fsp3) is 0.130. The van der Waals surface area contributed by atoms with Crippen molar-refractivity contribution in [2.45, 2.75) is 18.3 Å². The second-order valence-electron chi connectivity index (χ2n) is 7.49. The molecule has 0 aliphatic carbocycles. The van der Waals surface area contributed by atoms with Crippen molar-refractivity contribution >= 4 is 39.8 Å². The third kappa shape index (κ3) is 1.96. The maximum atomic E-state index is 12.9. The van der Waals surface area contributed by atoms with Gasteiger partial charge in [-0.25, -0.2) is 0 Å². The maximum absolute atomic E-state index is 12.9. The number of hydrogen-bond acceptors (Lipinski definition) is 2. The average Bonchev–Trinajstić information content (AvgIpc) is 3.37. The lowest BCUT2D eigenvalue weighted by atomic mass is 9.83. The molecule has 0 saturated carbocycles. The summed E-state index contributed by atoms with van der Waals surface area (Å²) in [7, 11) is 0. The SMILES string of the molecule is O=C1NC(=O)[C@@H](c2cn3c4c(cccc24)CC=C3)[C@@H]1c1c[nH]c2ccccc12. The van der Waals surface area contributed by atoms with Gasteiger partial charge >= 0.3 is 0 Å². The molecule has 0 radical (unpaired) electrons. The predicted molar refractivity (Wildman–Crippen MR) is 108 cm³/mol. The molecule has 28 heavy (non-hydrogen) atoms. The third-order valence-electron chi connectivity index (χ3n) is 6.01. The van der Waals surface area contributed by atoms with Gasteiger partial charge in [-0.3, -0.25) is 14.9 Å². The van der Waals surface area contributed by atoms with E-state index in [1.807, 2.05) is 55.0 Å². The van der Waals surface area contributed by atoms with Crippen molar-refractivity contribution in [1.82, 2.24) is 14.9 Å². The minimum Gasteiger partial charge on any atom is -0.361 e. The van der Waals surface area contributed by atoms with E-state index in [2.05, 4.69) is 27.0 Å². The van der Waals surface area contributed by atoms with Crippen molar-refractivity contribution < 1.29 is 9.59 Å². The molecule has 2 atom stereocenters. The van der Waals surface area contributed by atoms with Gasteiger partial charge in [-0.1, -0.05) is 42.5 Å². The summed E-state index contributed by atoms with van der Waals surface area (Å²) in [5, 5.41) is 4.60. The minimum absolute atomic E-state index is 0.229. The highest BCUT2D eigenvalue weighted by Gasteiger charge is 2.45. The number of carbonyl (C=O) groups excluding carboxylic acids is 2. The second kappa shape index (κ2) is 5.45. The van der Waals surface area contributed by atoms with Crippen LogP contribution in [0.25, 0.3) is 28.0 Å². The quantitative estimate of drug-likeness (QED) is 0.531. The number of rotatable bonds is 2. The van der Waals surface area contributed by atoms with Gasteiger partial charge in [0.1, 0.15) is 0 Å². The molecule has 6 rings (SSSR count). The first-order valence-electron chi connectivity index (χ1n) is 9.42. The zero-order valence-corrected chi connectivity index (χ0v) is 15.0. The molecule has 136 valence electrons. The van der Waals surface area contributed by atoms with Crippen LogP contribution in [0.1, 0.15) is 28.5 Å². The number of imide groups is 1. The van der Waals surface area contributed by atoms with E-state index in [4.69, 9.17) is 0 Å². The second-order valence-corrected chi connectivity index (χ2v) is 7.49. The summed E-state index contributed by atoms with van der Waals surface area (Å²) in [6.07, 6.45) is 8.90. The molecule has 2 N–H and O–H groups in total. The highest BCUT2D eigenvalue weighted by molar-refractivity contribution is 6.13. The first-order valence-corrected chi connectivity index (χ1v) is 9.42. The Bertz CT molecular complexity index is 1320. The molecule has 2 aliphatic rings. The van der Waals surface area contributed by atoms with Gasteiger partial charge in [-0.05, 0) is 29.2 Å². The molecule has 1 fully saturated rings. The molecule has 2 aliphatic heterocycles. The van der Waals surface area contributed by atoms with Crippen LogP contribution in [-0.2, 0) is 16.0 Å². The Kier molecular flexibility index (Phi) is 3.01. The lowest BCUT2D eigenvalue weighted by Crippen LogP contribution is -2.21. The van der Waals surface area contributed by atoms with E-state index in [0.717, 1.165) is 39.4 Å². The molecule has 2 aromatic carbocycles. The number of para-hydroxylation sites is 2. The fourth-order valence-electron chi connectivity index (χ4n) is 4.81. The Morgan fingerprint density at radius 2 is 1.68 bits per heavy atom. The van der Waals surface area contributed by atoms with Crippen LogP contribution in [0.15, 0.2) is 60.9 Å². The van der Waals surface area contributed by atoms with Gasteiger partial charge in [-0.2, -0.15) is 0 Å². The number of benzene rings is 2. The monoisotopic (exact) mass is 367 g/mol. The van der Waals surface area contributed by atoms with Crippen molar-refractivity contribution in [2.75, 3.05) is 0 Å². The zero-order chi connectivity index (χ0) is 18.8. The Morgan fingerprint density at radius 3 is 2.57 bits per heavy atom. The summed E-state index contributed by atoms with van der Waals surface area (Å²) in [4.78, 5) is 29.0. The Labute approximate surface area is 160 Å². The van der Waals surface area contributed by atoms with E-state index >= 15 is 0 Å². The molecule has 0 spiro atoms. The molecular weight excluding hydrogens is 350 g/mol. The van der Waals surface area contributed by atoms with Gasteiger partial charge < -0.3 is 9.55 Å². The number of nitrogens with one attached hydrogen (secondary N) is 2. The van der Waals surface area contributed by atoms with E-state index < -0.39 is 11.8 Å². The van der Waals surface area contributed by atoms with Crippen LogP contribution >= 0.6 is 0 Å². The predicted octanol–water partition coefficient (Wildman–Crippen LogP) is 3.67. The van der Waals surface area contributed by atoms with Crippen LogP contribution in [0.5, 0.6) is 0 Å². The molecule has 4 aromatic rings. The number of H-pyrrole nitrogens is 1. The fourth-order valence-corrected chi connectivity index (χ4v) is 4.81. The number of aromatic amines is 1. The number of fused-ring (bicyclic) bond motifs is 1. The molecule has 0 bridgehead atoms. The van der Waals surface area contributed by atoms with Gasteiger partial charge in [-0.15, -0.1) is 0 Å². The van der Waals surface area contributed by atoms with Crippen LogP contribution in [0.2, 0.25) is 0 Å². The molecule has 5 nitrogen and oxygen atoms in total. The Hall–Kier alpha value is -3.60. The maximum Gasteiger partial charge on any atom is 0.235 e. The number of carbonyl (C=O) groups is 2. The molecule has 0 unspecified atom stereocenters. The highest BCUT2D eigenvalue weighted by atomic mass is 16.2. The smallest absolute Gasteiger partial charge is 0.235 e. The van der Waals surface area contributed by atoms with Gasteiger partial charge in [0.15, 0.2) is 0 Å². The van der Waals surface area contributed by atoms with Crippen LogP contribution < -0.4 is 5.32 Å². The first kappa shape index (κ1) is 15.5. The van der Waals surface area contributed by atoms with Crippen LogP contribution in [0.3, 0.4) is 0 Å². The zero-order valence-electron chi connectivity index (χ0n) is 15.0. The van der Waals surface area contributed by atoms with Crippen LogP contribution in [0.4, 0.5) is 0 Å². The summed E-state index contributed by atoms with van der Waals surface area (Å²) >= 11 is 0.